The van der Waals surface area contributed by atoms with E-state index in [2.05, 4.69) is 17.2 Å². The van der Waals surface area contributed by atoms with Gasteiger partial charge in [-0.15, -0.1) is 11.8 Å². The third-order valence-corrected chi connectivity index (χ3v) is 4.24. The second-order valence-electron chi connectivity index (χ2n) is 4.90. The molecule has 0 atom stereocenters. The van der Waals surface area contributed by atoms with Gasteiger partial charge in [0.2, 0.25) is 5.91 Å². The molecule has 2 aromatic rings. The lowest BCUT2D eigenvalue weighted by molar-refractivity contribution is -0.137. The highest BCUT2D eigenvalue weighted by Gasteiger charge is 2.30. The number of rotatable bonds is 4. The van der Waals surface area contributed by atoms with Gasteiger partial charge in [-0.1, -0.05) is 29.5 Å². The second-order valence-corrected chi connectivity index (χ2v) is 6.38. The summed E-state index contributed by atoms with van der Waals surface area (Å²) in [7, 11) is 0. The van der Waals surface area contributed by atoms with Gasteiger partial charge in [0.15, 0.2) is 0 Å². The van der Waals surface area contributed by atoms with E-state index in [9.17, 15) is 18.0 Å². The van der Waals surface area contributed by atoms with Crippen molar-refractivity contribution in [1.29, 1.82) is 0 Å². The smallest absolute Gasteiger partial charge is 0.344 e. The SMILES string of the molecule is O=C(CSc1ccc(Cl)cc1)NCC#Cc1cccc(C(F)(F)F)c1. The van der Waals surface area contributed by atoms with Crippen LogP contribution < -0.4 is 5.32 Å². The summed E-state index contributed by atoms with van der Waals surface area (Å²) in [6.45, 7) is 0.0657. The molecule has 0 radical (unpaired) electrons. The molecule has 0 spiro atoms. The van der Waals surface area contributed by atoms with E-state index in [0.29, 0.717) is 5.02 Å². The highest BCUT2D eigenvalue weighted by molar-refractivity contribution is 8.00. The van der Waals surface area contributed by atoms with Gasteiger partial charge >= 0.3 is 6.18 Å². The van der Waals surface area contributed by atoms with Crippen molar-refractivity contribution < 1.29 is 18.0 Å². The minimum absolute atomic E-state index is 0.0657. The van der Waals surface area contributed by atoms with E-state index in [-0.39, 0.29) is 23.8 Å². The summed E-state index contributed by atoms with van der Waals surface area (Å²) in [5.41, 5.74) is -0.498. The molecule has 0 aliphatic rings. The molecular formula is C18H13ClF3NOS. The minimum Gasteiger partial charge on any atom is -0.344 e. The molecular weight excluding hydrogens is 371 g/mol. The first-order valence-corrected chi connectivity index (χ1v) is 8.52. The number of carbonyl (C=O) groups excluding carboxylic acids is 1. The lowest BCUT2D eigenvalue weighted by Crippen LogP contribution is -2.25. The van der Waals surface area contributed by atoms with Gasteiger partial charge in [-0.05, 0) is 42.5 Å². The fourth-order valence-electron chi connectivity index (χ4n) is 1.79. The lowest BCUT2D eigenvalue weighted by Gasteiger charge is -2.05. The predicted octanol–water partition coefficient (Wildman–Crippen LogP) is 4.62. The zero-order valence-corrected chi connectivity index (χ0v) is 14.4. The molecule has 0 aromatic heterocycles. The topological polar surface area (TPSA) is 29.1 Å². The molecule has 1 amide bonds. The number of hydrogen-bond donors (Lipinski definition) is 1. The van der Waals surface area contributed by atoms with E-state index >= 15 is 0 Å². The molecule has 130 valence electrons. The van der Waals surface area contributed by atoms with E-state index in [1.165, 1.54) is 23.9 Å². The Bertz CT molecular complexity index is 794. The van der Waals surface area contributed by atoms with Crippen molar-refractivity contribution >= 4 is 29.3 Å². The van der Waals surface area contributed by atoms with E-state index in [4.69, 9.17) is 11.6 Å². The van der Waals surface area contributed by atoms with Crippen LogP contribution in [0.2, 0.25) is 5.02 Å². The van der Waals surface area contributed by atoms with Crippen LogP contribution in [-0.4, -0.2) is 18.2 Å². The lowest BCUT2D eigenvalue weighted by atomic mass is 10.1. The number of hydrogen-bond acceptors (Lipinski definition) is 2. The predicted molar refractivity (Wildman–Crippen MR) is 93.5 cm³/mol. The summed E-state index contributed by atoms with van der Waals surface area (Å²) < 4.78 is 37.8. The number of nitrogens with one attached hydrogen (secondary N) is 1. The Morgan fingerprint density at radius 2 is 1.88 bits per heavy atom. The quantitative estimate of drug-likeness (QED) is 0.616. The summed E-state index contributed by atoms with van der Waals surface area (Å²) in [5, 5.41) is 3.22. The van der Waals surface area contributed by atoms with Gasteiger partial charge in [-0.25, -0.2) is 0 Å². The van der Waals surface area contributed by atoms with Crippen LogP contribution >= 0.6 is 23.4 Å². The van der Waals surface area contributed by atoms with E-state index < -0.39 is 11.7 Å². The molecule has 2 rings (SSSR count). The molecule has 0 saturated carbocycles. The Kier molecular flexibility index (Phi) is 6.80. The number of halogens is 4. The molecule has 2 nitrogen and oxygen atoms in total. The molecule has 25 heavy (non-hydrogen) atoms. The van der Waals surface area contributed by atoms with Gasteiger partial charge in [-0.3, -0.25) is 4.79 Å². The van der Waals surface area contributed by atoms with Gasteiger partial charge in [0.05, 0.1) is 17.9 Å². The van der Waals surface area contributed by atoms with Crippen molar-refractivity contribution in [2.24, 2.45) is 0 Å². The number of carbonyl (C=O) groups is 1. The average molecular weight is 384 g/mol. The van der Waals surface area contributed by atoms with Crippen LogP contribution in [-0.2, 0) is 11.0 Å². The van der Waals surface area contributed by atoms with Crippen molar-refractivity contribution in [3.63, 3.8) is 0 Å². The van der Waals surface area contributed by atoms with Gasteiger partial charge in [0, 0.05) is 15.5 Å². The highest BCUT2D eigenvalue weighted by atomic mass is 35.5. The van der Waals surface area contributed by atoms with Gasteiger partial charge in [0.1, 0.15) is 0 Å². The number of alkyl halides is 3. The standard InChI is InChI=1S/C18H13ClF3NOS/c19-15-6-8-16(9-7-15)25-12-17(24)23-10-2-4-13-3-1-5-14(11-13)18(20,21)22/h1,3,5-9,11H,10,12H2,(H,23,24). The molecule has 2 aromatic carbocycles. The summed E-state index contributed by atoms with van der Waals surface area (Å²) in [6.07, 6.45) is -4.40. The molecule has 0 heterocycles. The van der Waals surface area contributed by atoms with Crippen LogP contribution in [0.15, 0.2) is 53.4 Å². The molecule has 0 bridgehead atoms. The largest absolute Gasteiger partial charge is 0.416 e. The Morgan fingerprint density at radius 3 is 2.56 bits per heavy atom. The first-order valence-electron chi connectivity index (χ1n) is 7.16. The normalized spacial score (nSPS) is 10.7. The first-order chi connectivity index (χ1) is 11.8. The molecule has 0 saturated heterocycles. The maximum atomic E-state index is 12.6. The van der Waals surface area contributed by atoms with Crippen molar-refractivity contribution in [1.82, 2.24) is 5.32 Å². The maximum absolute atomic E-state index is 12.6. The summed E-state index contributed by atoms with van der Waals surface area (Å²) in [4.78, 5) is 12.6. The van der Waals surface area contributed by atoms with Gasteiger partial charge in [-0.2, -0.15) is 13.2 Å². The zero-order valence-electron chi connectivity index (χ0n) is 12.9. The summed E-state index contributed by atoms with van der Waals surface area (Å²) in [6, 6.07) is 11.9. The third-order valence-electron chi connectivity index (χ3n) is 2.98. The Morgan fingerprint density at radius 1 is 1.16 bits per heavy atom. The number of benzene rings is 2. The average Bonchev–Trinajstić information content (AvgIpc) is 2.58. The van der Waals surface area contributed by atoms with Crippen LogP contribution in [0.25, 0.3) is 0 Å². The molecule has 0 fully saturated rings. The first kappa shape index (κ1) is 19.2. The second kappa shape index (κ2) is 8.84. The fourth-order valence-corrected chi connectivity index (χ4v) is 2.65. The van der Waals surface area contributed by atoms with Gasteiger partial charge < -0.3 is 5.32 Å². The van der Waals surface area contributed by atoms with Crippen molar-refractivity contribution in [2.45, 2.75) is 11.1 Å². The summed E-state index contributed by atoms with van der Waals surface area (Å²) in [5.74, 6) is 5.25. The monoisotopic (exact) mass is 383 g/mol. The van der Waals surface area contributed by atoms with Crippen LogP contribution in [0.5, 0.6) is 0 Å². The Hall–Kier alpha value is -2.10. The van der Waals surface area contributed by atoms with Crippen LogP contribution in [0.1, 0.15) is 11.1 Å². The molecule has 0 unspecified atom stereocenters. The van der Waals surface area contributed by atoms with E-state index in [0.717, 1.165) is 17.0 Å². The van der Waals surface area contributed by atoms with Crippen molar-refractivity contribution in [3.8, 4) is 11.8 Å². The minimum atomic E-state index is -4.40. The van der Waals surface area contributed by atoms with Crippen LogP contribution in [0, 0.1) is 11.8 Å². The van der Waals surface area contributed by atoms with Gasteiger partial charge in [0.25, 0.3) is 0 Å². The molecule has 0 aliphatic heterocycles. The summed E-state index contributed by atoms with van der Waals surface area (Å²) >= 11 is 7.13. The zero-order chi connectivity index (χ0) is 18.3. The van der Waals surface area contributed by atoms with Crippen molar-refractivity contribution in [3.05, 3.63) is 64.7 Å². The van der Waals surface area contributed by atoms with E-state index in [1.54, 1.807) is 12.1 Å². The van der Waals surface area contributed by atoms with E-state index in [1.807, 2.05) is 12.1 Å². The third kappa shape index (κ3) is 6.73. The van der Waals surface area contributed by atoms with Crippen molar-refractivity contribution in [2.75, 3.05) is 12.3 Å². The molecule has 0 aliphatic carbocycles. The number of amides is 1. The highest BCUT2D eigenvalue weighted by Crippen LogP contribution is 2.29. The Labute approximate surface area is 152 Å². The number of thioether (sulfide) groups is 1. The van der Waals surface area contributed by atoms with Crippen LogP contribution in [0.4, 0.5) is 13.2 Å². The Balaban J connectivity index is 1.80. The maximum Gasteiger partial charge on any atom is 0.416 e. The van der Waals surface area contributed by atoms with Crippen LogP contribution in [0.3, 0.4) is 0 Å². The molecule has 7 heteroatoms. The molecule has 1 N–H and O–H groups in total. The fraction of sp³-hybridized carbons (Fsp3) is 0.167.